The number of nitrogens with two attached hydrogens (primary N) is 1. The molecule has 0 amide bonds. The van der Waals surface area contributed by atoms with E-state index in [1.54, 1.807) is 67.6 Å². The van der Waals surface area contributed by atoms with Crippen LogP contribution in [0.15, 0.2) is 82.8 Å². The molecule has 4 rings (SSSR count). The number of hydrogen-bond acceptors (Lipinski definition) is 12. The fourth-order valence-electron chi connectivity index (χ4n) is 4.31. The van der Waals surface area contributed by atoms with Crippen LogP contribution >= 0.6 is 8.18 Å². The van der Waals surface area contributed by atoms with Gasteiger partial charge in [-0.1, -0.05) is 58.5 Å². The summed E-state index contributed by atoms with van der Waals surface area (Å²) < 4.78 is 31.1. The van der Waals surface area contributed by atoms with Crippen LogP contribution < -0.4 is 16.3 Å². The molecule has 43 heavy (non-hydrogen) atoms. The predicted octanol–water partition coefficient (Wildman–Crippen LogP) is 1.96. The number of aromatic nitrogens is 2. The van der Waals surface area contributed by atoms with Gasteiger partial charge in [-0.15, -0.1) is 0 Å². The first-order chi connectivity index (χ1) is 20.7. The van der Waals surface area contributed by atoms with E-state index < -0.39 is 56.6 Å². The molecule has 1 fully saturated rings. The molecule has 1 aromatic heterocycles. The first-order valence-corrected chi connectivity index (χ1v) is 14.3. The summed E-state index contributed by atoms with van der Waals surface area (Å²) in [4.78, 5) is 38.5. The van der Waals surface area contributed by atoms with E-state index >= 15 is 0 Å². The van der Waals surface area contributed by atoms with E-state index in [1.165, 1.54) is 12.3 Å². The number of hydrogen-bond donors (Lipinski definition) is 3. The van der Waals surface area contributed by atoms with Crippen molar-refractivity contribution in [3.05, 3.63) is 99.4 Å². The van der Waals surface area contributed by atoms with Crippen molar-refractivity contribution in [2.45, 2.75) is 43.5 Å². The minimum absolute atomic E-state index is 0.0146. The van der Waals surface area contributed by atoms with Crippen LogP contribution in [0.3, 0.4) is 0 Å². The highest BCUT2D eigenvalue weighted by atomic mass is 31.1. The van der Waals surface area contributed by atoms with Crippen molar-refractivity contribution in [2.75, 3.05) is 18.9 Å². The maximum absolute atomic E-state index is 13.8. The van der Waals surface area contributed by atoms with Crippen LogP contribution in [-0.4, -0.2) is 67.8 Å². The molecule has 0 spiro atoms. The first-order valence-electron chi connectivity index (χ1n) is 13.0. The highest BCUT2D eigenvalue weighted by molar-refractivity contribution is 7.36. The van der Waals surface area contributed by atoms with E-state index in [-0.39, 0.29) is 24.6 Å². The van der Waals surface area contributed by atoms with Gasteiger partial charge in [0.15, 0.2) is 12.3 Å². The smallest absolute Gasteiger partial charge is 0.351 e. The van der Waals surface area contributed by atoms with Crippen LogP contribution in [0.4, 0.5) is 5.82 Å². The zero-order valence-electron chi connectivity index (χ0n) is 22.9. The standard InChI is InChI=1S/C26H30N7O9P/c1-2-39-24(36)19(15-17-9-5-3-6-10-17)33(42-18-11-7-4-8-12-18)43(38)40-16-26(30-31-28)22(35)21(34)23(41-26)32-14-13-20(27)29-25(32)37/h3-14,19,21-23,34-35,43H,2,15-16H2,1H3,(H2,27,29,37)/t19?,21-,22+,23-,26-/m1/s1. The molecular weight excluding hydrogens is 585 g/mol. The molecule has 0 saturated carbocycles. The molecule has 3 aromatic rings. The van der Waals surface area contributed by atoms with Crippen molar-refractivity contribution in [1.82, 2.24) is 14.4 Å². The molecule has 1 aliphatic rings. The number of carbonyl (C=O) groups is 1. The number of para-hydroxylation sites is 1. The second kappa shape index (κ2) is 14.3. The van der Waals surface area contributed by atoms with Crippen LogP contribution in [0.1, 0.15) is 18.7 Å². The lowest BCUT2D eigenvalue weighted by Crippen LogP contribution is -2.46. The Kier molecular flexibility index (Phi) is 10.5. The maximum atomic E-state index is 13.8. The lowest BCUT2D eigenvalue weighted by atomic mass is 10.1. The van der Waals surface area contributed by atoms with Gasteiger partial charge in [0.05, 0.1) is 13.2 Å². The number of ether oxygens (including phenoxy) is 2. The number of carbonyl (C=O) groups excluding carboxylic acids is 1. The Morgan fingerprint density at radius 1 is 1.23 bits per heavy atom. The Morgan fingerprint density at radius 3 is 2.53 bits per heavy atom. The van der Waals surface area contributed by atoms with Crippen LogP contribution in [0.5, 0.6) is 5.75 Å². The Bertz CT molecular complexity index is 1520. The van der Waals surface area contributed by atoms with Gasteiger partial charge in [0.1, 0.15) is 23.8 Å². The molecule has 2 aromatic carbocycles. The maximum Gasteiger partial charge on any atom is 0.351 e. The normalized spacial score (nSPS) is 22.8. The molecule has 2 heterocycles. The Morgan fingerprint density at radius 2 is 1.91 bits per heavy atom. The van der Waals surface area contributed by atoms with Crippen LogP contribution in [-0.2, 0) is 29.8 Å². The molecule has 6 atom stereocenters. The van der Waals surface area contributed by atoms with Crippen molar-refractivity contribution < 1.29 is 38.4 Å². The number of anilines is 1. The summed E-state index contributed by atoms with van der Waals surface area (Å²) in [5.41, 5.74) is 12.2. The third-order valence-electron chi connectivity index (χ3n) is 6.39. The molecule has 1 aliphatic heterocycles. The number of nitrogens with zero attached hydrogens (tertiary/aromatic N) is 6. The fraction of sp³-hybridized carbons (Fsp3) is 0.346. The first kappa shape index (κ1) is 31.7. The Balaban J connectivity index is 1.64. The number of azide groups is 1. The minimum Gasteiger partial charge on any atom is -0.465 e. The number of nitrogen functional groups attached to an aromatic ring is 1. The molecule has 228 valence electrons. The SMILES string of the molecule is CCOC(=O)C(Cc1ccccc1)N(Oc1ccccc1)[PH](=O)OC[C@@]1(N=[N+]=[N-])O[C@@H](n2ccc(N)nc2=O)[C@H](O)[C@@H]1O. The van der Waals surface area contributed by atoms with Gasteiger partial charge in [-0.2, -0.15) is 4.98 Å². The van der Waals surface area contributed by atoms with Crippen molar-refractivity contribution in [3.8, 4) is 5.75 Å². The van der Waals surface area contributed by atoms with Gasteiger partial charge in [0.25, 0.3) is 8.18 Å². The van der Waals surface area contributed by atoms with Crippen molar-refractivity contribution in [2.24, 2.45) is 5.11 Å². The van der Waals surface area contributed by atoms with E-state index in [0.29, 0.717) is 5.56 Å². The lowest BCUT2D eigenvalue weighted by molar-refractivity contribution is -0.156. The summed E-state index contributed by atoms with van der Waals surface area (Å²) in [6, 6.07) is 17.0. The predicted molar refractivity (Wildman–Crippen MR) is 151 cm³/mol. The van der Waals surface area contributed by atoms with Gasteiger partial charge in [-0.05, 0) is 36.2 Å². The topological polar surface area (TPSA) is 224 Å². The van der Waals surface area contributed by atoms with Gasteiger partial charge < -0.3 is 34.8 Å². The Hall–Kier alpha value is -4.27. The van der Waals surface area contributed by atoms with Crippen molar-refractivity contribution >= 4 is 20.0 Å². The van der Waals surface area contributed by atoms with E-state index in [0.717, 1.165) is 9.40 Å². The number of hydroxylamine groups is 1. The second-order valence-corrected chi connectivity index (χ2v) is 10.5. The van der Waals surface area contributed by atoms with E-state index in [4.69, 9.17) is 24.6 Å². The molecule has 0 bridgehead atoms. The van der Waals surface area contributed by atoms with Crippen LogP contribution in [0.2, 0.25) is 0 Å². The molecular formula is C26H30N7O9P. The molecule has 16 nitrogen and oxygen atoms in total. The zero-order chi connectivity index (χ0) is 31.0. The average molecular weight is 616 g/mol. The van der Waals surface area contributed by atoms with Crippen LogP contribution in [0, 0.1) is 0 Å². The molecule has 0 aliphatic carbocycles. The molecule has 0 radical (unpaired) electrons. The minimum atomic E-state index is -3.58. The van der Waals surface area contributed by atoms with Gasteiger partial charge in [-0.3, -0.25) is 13.9 Å². The van der Waals surface area contributed by atoms with Crippen molar-refractivity contribution in [1.29, 1.82) is 0 Å². The number of esters is 1. The van der Waals surface area contributed by atoms with Gasteiger partial charge in [-0.25, -0.2) is 4.79 Å². The largest absolute Gasteiger partial charge is 0.465 e. The highest BCUT2D eigenvalue weighted by Crippen LogP contribution is 2.42. The summed E-state index contributed by atoms with van der Waals surface area (Å²) in [6.45, 7) is 0.769. The lowest BCUT2D eigenvalue weighted by Gasteiger charge is -2.31. The number of aliphatic hydroxyl groups excluding tert-OH is 2. The van der Waals surface area contributed by atoms with Crippen LogP contribution in [0.25, 0.3) is 10.4 Å². The van der Waals surface area contributed by atoms with E-state index in [2.05, 4.69) is 15.0 Å². The monoisotopic (exact) mass is 615 g/mol. The summed E-state index contributed by atoms with van der Waals surface area (Å²) in [5.74, 6) is -0.626. The van der Waals surface area contributed by atoms with Gasteiger partial charge in [0, 0.05) is 17.5 Å². The van der Waals surface area contributed by atoms with E-state index in [1.807, 2.05) is 0 Å². The van der Waals surface area contributed by atoms with E-state index in [9.17, 15) is 29.9 Å². The summed E-state index contributed by atoms with van der Waals surface area (Å²) >= 11 is 0. The molecule has 2 unspecified atom stereocenters. The second-order valence-electron chi connectivity index (χ2n) is 9.26. The number of aliphatic hydroxyl groups is 2. The summed E-state index contributed by atoms with van der Waals surface area (Å²) in [6.07, 6.45) is -4.14. The number of benzene rings is 2. The van der Waals surface area contributed by atoms with Gasteiger partial charge >= 0.3 is 11.7 Å². The molecule has 4 N–H and O–H groups in total. The molecule has 1 saturated heterocycles. The third kappa shape index (κ3) is 7.39. The number of rotatable bonds is 13. The molecule has 17 heteroatoms. The Labute approximate surface area is 245 Å². The van der Waals surface area contributed by atoms with Gasteiger partial charge in [0.2, 0.25) is 5.72 Å². The highest BCUT2D eigenvalue weighted by Gasteiger charge is 2.56. The summed E-state index contributed by atoms with van der Waals surface area (Å²) in [5, 5.41) is 25.1. The average Bonchev–Trinajstić information content (AvgIpc) is 3.24. The third-order valence-corrected chi connectivity index (χ3v) is 7.54. The quantitative estimate of drug-likeness (QED) is 0.0626. The summed E-state index contributed by atoms with van der Waals surface area (Å²) in [7, 11) is -3.58. The fourth-order valence-corrected chi connectivity index (χ4v) is 5.40. The zero-order valence-corrected chi connectivity index (χ0v) is 23.9. The van der Waals surface area contributed by atoms with Crippen molar-refractivity contribution in [3.63, 3.8) is 0 Å².